The van der Waals surface area contributed by atoms with Crippen molar-refractivity contribution < 1.29 is 0 Å². The highest BCUT2D eigenvalue weighted by Gasteiger charge is 2.12. The second-order valence-electron chi connectivity index (χ2n) is 6.12. The largest absolute Gasteiger partial charge is 0.325 e. The van der Waals surface area contributed by atoms with Crippen LogP contribution in [0.25, 0.3) is 0 Å². The van der Waals surface area contributed by atoms with Crippen molar-refractivity contribution in [3.05, 3.63) is 65.4 Å². The quantitative estimate of drug-likeness (QED) is 0.733. The van der Waals surface area contributed by atoms with Crippen molar-refractivity contribution in [1.29, 1.82) is 0 Å². The number of para-hydroxylation sites is 1. The lowest BCUT2D eigenvalue weighted by atomic mass is 10.1. The predicted octanol–water partition coefficient (Wildman–Crippen LogP) is 4.70. The topological polar surface area (TPSA) is 53.9 Å². The number of aryl methyl sites for hydroxylation is 3. The molecule has 0 amide bonds. The Hall–Kier alpha value is -2.95. The number of nitrogens with zero attached hydrogens (tertiary/aromatic N) is 4. The molecule has 1 heterocycles. The monoisotopic (exact) mass is 333 g/mol. The molecule has 0 aliphatic heterocycles. The van der Waals surface area contributed by atoms with Gasteiger partial charge in [0.15, 0.2) is 5.82 Å². The Morgan fingerprint density at radius 1 is 1.00 bits per heavy atom. The van der Waals surface area contributed by atoms with Gasteiger partial charge in [0, 0.05) is 17.9 Å². The Kier molecular flexibility index (Phi) is 4.93. The summed E-state index contributed by atoms with van der Waals surface area (Å²) in [6, 6.07) is 14.5. The molecule has 0 unspecified atom stereocenters. The van der Waals surface area contributed by atoms with Crippen LogP contribution in [0.1, 0.15) is 23.6 Å². The summed E-state index contributed by atoms with van der Waals surface area (Å²) in [6.07, 6.45) is 1.69. The predicted molar refractivity (Wildman–Crippen MR) is 103 cm³/mol. The van der Waals surface area contributed by atoms with Crippen LogP contribution in [0.3, 0.4) is 0 Å². The van der Waals surface area contributed by atoms with Crippen LogP contribution in [0.4, 0.5) is 23.1 Å². The molecule has 0 saturated heterocycles. The highest BCUT2D eigenvalue weighted by atomic mass is 15.3. The molecular weight excluding hydrogens is 310 g/mol. The zero-order chi connectivity index (χ0) is 17.8. The summed E-state index contributed by atoms with van der Waals surface area (Å²) in [5.74, 6) is 1.27. The minimum absolute atomic E-state index is 0.502. The van der Waals surface area contributed by atoms with Crippen LogP contribution in [0.5, 0.6) is 0 Å². The lowest BCUT2D eigenvalue weighted by molar-refractivity contribution is 0.921. The van der Waals surface area contributed by atoms with Crippen LogP contribution < -0.4 is 10.2 Å². The Labute approximate surface area is 148 Å². The number of rotatable bonds is 5. The Morgan fingerprint density at radius 2 is 1.68 bits per heavy atom. The van der Waals surface area contributed by atoms with Crippen LogP contribution in [-0.2, 0) is 0 Å². The van der Waals surface area contributed by atoms with E-state index in [1.807, 2.05) is 18.2 Å². The molecule has 5 nitrogen and oxygen atoms in total. The second-order valence-corrected chi connectivity index (χ2v) is 6.12. The molecule has 0 atom stereocenters. The fourth-order valence-electron chi connectivity index (χ4n) is 3.05. The molecule has 3 aromatic rings. The van der Waals surface area contributed by atoms with Crippen LogP contribution in [0.15, 0.2) is 48.7 Å². The molecule has 0 aliphatic rings. The van der Waals surface area contributed by atoms with Crippen molar-refractivity contribution in [2.75, 3.05) is 16.8 Å². The smallest absolute Gasteiger partial charge is 0.249 e. The minimum Gasteiger partial charge on any atom is -0.325 e. The molecule has 0 saturated carbocycles. The summed E-state index contributed by atoms with van der Waals surface area (Å²) < 4.78 is 0. The SMILES string of the molecule is CCN(c1ccccc1)c1cnnc(Nc2c(C)cc(C)cc2C)n1. The number of hydrogen-bond acceptors (Lipinski definition) is 5. The third-order valence-corrected chi connectivity index (χ3v) is 4.12. The van der Waals surface area contributed by atoms with Gasteiger partial charge >= 0.3 is 0 Å². The van der Waals surface area contributed by atoms with Crippen molar-refractivity contribution in [3.8, 4) is 0 Å². The summed E-state index contributed by atoms with van der Waals surface area (Å²) >= 11 is 0. The number of benzene rings is 2. The van der Waals surface area contributed by atoms with Crippen LogP contribution in [0.2, 0.25) is 0 Å². The first-order valence-corrected chi connectivity index (χ1v) is 8.45. The maximum atomic E-state index is 4.66. The van der Waals surface area contributed by atoms with Gasteiger partial charge < -0.3 is 10.2 Å². The van der Waals surface area contributed by atoms with Gasteiger partial charge in [0.05, 0.1) is 6.20 Å². The fourth-order valence-corrected chi connectivity index (χ4v) is 3.05. The number of anilines is 4. The van der Waals surface area contributed by atoms with Gasteiger partial charge in [-0.2, -0.15) is 10.1 Å². The minimum atomic E-state index is 0.502. The summed E-state index contributed by atoms with van der Waals surface area (Å²) in [5, 5.41) is 11.6. The lowest BCUT2D eigenvalue weighted by Gasteiger charge is -2.22. The first kappa shape index (κ1) is 16.9. The summed E-state index contributed by atoms with van der Waals surface area (Å²) in [6.45, 7) is 9.16. The van der Waals surface area contributed by atoms with E-state index < -0.39 is 0 Å². The van der Waals surface area contributed by atoms with E-state index in [9.17, 15) is 0 Å². The molecule has 5 heteroatoms. The van der Waals surface area contributed by atoms with Gasteiger partial charge in [0.2, 0.25) is 5.95 Å². The molecule has 1 N–H and O–H groups in total. The van der Waals surface area contributed by atoms with Gasteiger partial charge in [-0.3, -0.25) is 0 Å². The summed E-state index contributed by atoms with van der Waals surface area (Å²) in [7, 11) is 0. The Balaban J connectivity index is 1.92. The van der Waals surface area contributed by atoms with Crippen LogP contribution >= 0.6 is 0 Å². The van der Waals surface area contributed by atoms with Crippen LogP contribution in [-0.4, -0.2) is 21.7 Å². The molecule has 0 bridgehead atoms. The normalized spacial score (nSPS) is 10.6. The van der Waals surface area contributed by atoms with E-state index in [1.165, 1.54) is 16.7 Å². The first-order valence-electron chi connectivity index (χ1n) is 8.45. The van der Waals surface area contributed by atoms with E-state index in [-0.39, 0.29) is 0 Å². The lowest BCUT2D eigenvalue weighted by Crippen LogP contribution is -2.18. The van der Waals surface area contributed by atoms with E-state index in [4.69, 9.17) is 0 Å². The number of hydrogen-bond donors (Lipinski definition) is 1. The van der Waals surface area contributed by atoms with Gasteiger partial charge in [-0.1, -0.05) is 35.9 Å². The van der Waals surface area contributed by atoms with Crippen molar-refractivity contribution in [2.24, 2.45) is 0 Å². The average molecular weight is 333 g/mol. The van der Waals surface area contributed by atoms with E-state index in [0.717, 1.165) is 23.7 Å². The second kappa shape index (κ2) is 7.30. The molecule has 0 radical (unpaired) electrons. The van der Waals surface area contributed by atoms with Crippen molar-refractivity contribution in [2.45, 2.75) is 27.7 Å². The zero-order valence-corrected chi connectivity index (χ0v) is 15.1. The molecular formula is C20H23N5. The van der Waals surface area contributed by atoms with Gasteiger partial charge in [0.1, 0.15) is 0 Å². The van der Waals surface area contributed by atoms with Gasteiger partial charge in [-0.25, -0.2) is 0 Å². The van der Waals surface area contributed by atoms with Gasteiger partial charge in [-0.15, -0.1) is 5.10 Å². The molecule has 2 aromatic carbocycles. The maximum absolute atomic E-state index is 4.66. The molecule has 25 heavy (non-hydrogen) atoms. The summed E-state index contributed by atoms with van der Waals surface area (Å²) in [4.78, 5) is 6.77. The average Bonchev–Trinajstić information content (AvgIpc) is 2.60. The summed E-state index contributed by atoms with van der Waals surface area (Å²) in [5.41, 5.74) is 5.70. The van der Waals surface area contributed by atoms with E-state index in [2.05, 4.69) is 77.4 Å². The number of aromatic nitrogens is 3. The number of nitrogens with one attached hydrogen (secondary N) is 1. The molecule has 0 spiro atoms. The molecule has 128 valence electrons. The molecule has 0 fully saturated rings. The van der Waals surface area contributed by atoms with Crippen LogP contribution in [0, 0.1) is 20.8 Å². The molecule has 1 aromatic heterocycles. The Morgan fingerprint density at radius 3 is 2.32 bits per heavy atom. The van der Waals surface area contributed by atoms with Gasteiger partial charge in [0.25, 0.3) is 0 Å². The van der Waals surface area contributed by atoms with E-state index in [1.54, 1.807) is 6.20 Å². The highest BCUT2D eigenvalue weighted by Crippen LogP contribution is 2.26. The highest BCUT2D eigenvalue weighted by molar-refractivity contribution is 5.65. The molecule has 0 aliphatic carbocycles. The third-order valence-electron chi connectivity index (χ3n) is 4.12. The zero-order valence-electron chi connectivity index (χ0n) is 15.1. The van der Waals surface area contributed by atoms with E-state index in [0.29, 0.717) is 5.95 Å². The third kappa shape index (κ3) is 3.76. The van der Waals surface area contributed by atoms with Crippen molar-refractivity contribution in [1.82, 2.24) is 15.2 Å². The van der Waals surface area contributed by atoms with Crippen molar-refractivity contribution in [3.63, 3.8) is 0 Å². The van der Waals surface area contributed by atoms with Gasteiger partial charge in [-0.05, 0) is 51.0 Å². The standard InChI is InChI=1S/C20H23N5/c1-5-25(17-9-7-6-8-10-17)18-13-21-24-20(22-18)23-19-15(3)11-14(2)12-16(19)4/h6-13H,5H2,1-4H3,(H,22,23,24). The van der Waals surface area contributed by atoms with E-state index >= 15 is 0 Å². The fraction of sp³-hybridized carbons (Fsp3) is 0.250. The van der Waals surface area contributed by atoms with Crippen molar-refractivity contribution >= 4 is 23.1 Å². The maximum Gasteiger partial charge on any atom is 0.249 e. The Bertz CT molecular complexity index is 838. The first-order chi connectivity index (χ1) is 12.1. The molecule has 3 rings (SSSR count).